The van der Waals surface area contributed by atoms with Crippen molar-refractivity contribution in [2.75, 3.05) is 13.2 Å². The first-order chi connectivity index (χ1) is 9.65. The molecule has 0 unspecified atom stereocenters. The maximum atomic E-state index is 5.84. The number of hydrogen-bond acceptors (Lipinski definition) is 3. The predicted octanol–water partition coefficient (Wildman–Crippen LogP) is 3.83. The summed E-state index contributed by atoms with van der Waals surface area (Å²) in [6.07, 6.45) is 3.75. The van der Waals surface area contributed by atoms with E-state index in [1.807, 2.05) is 13.0 Å². The number of hydrogen-bond donors (Lipinski definition) is 2. The average Bonchev–Trinajstić information content (AvgIpc) is 2.87. The highest BCUT2D eigenvalue weighted by Gasteiger charge is 2.25. The second-order valence-corrected chi connectivity index (χ2v) is 6.99. The van der Waals surface area contributed by atoms with Crippen LogP contribution in [-0.2, 0) is 6.54 Å². The van der Waals surface area contributed by atoms with Crippen molar-refractivity contribution in [2.45, 2.75) is 38.8 Å². The maximum Gasteiger partial charge on any atom is 0.138 e. The topological polar surface area (TPSA) is 47.3 Å². The zero-order chi connectivity index (χ0) is 14.5. The van der Waals surface area contributed by atoms with Crippen LogP contribution < -0.4 is 15.8 Å². The van der Waals surface area contributed by atoms with E-state index in [1.165, 1.54) is 24.8 Å². The summed E-state index contributed by atoms with van der Waals surface area (Å²) in [4.78, 5) is 0. The minimum atomic E-state index is 0.534. The lowest BCUT2D eigenvalue weighted by molar-refractivity contribution is 0.330. The maximum absolute atomic E-state index is 5.84. The molecule has 0 spiro atoms. The van der Waals surface area contributed by atoms with Gasteiger partial charge in [0.2, 0.25) is 0 Å². The third kappa shape index (κ3) is 3.97. The molecule has 2 atom stereocenters. The van der Waals surface area contributed by atoms with Gasteiger partial charge in [-0.2, -0.15) is 0 Å². The Morgan fingerprint density at radius 3 is 2.85 bits per heavy atom. The van der Waals surface area contributed by atoms with Crippen LogP contribution in [0.1, 0.15) is 31.7 Å². The zero-order valence-electron chi connectivity index (χ0n) is 11.8. The number of ether oxygens (including phenoxy) is 1. The molecule has 0 bridgehead atoms. The van der Waals surface area contributed by atoms with E-state index in [-0.39, 0.29) is 0 Å². The van der Waals surface area contributed by atoms with Crippen LogP contribution in [0, 0.1) is 5.92 Å². The first-order valence-corrected chi connectivity index (χ1v) is 8.78. The minimum absolute atomic E-state index is 0.534. The van der Waals surface area contributed by atoms with Gasteiger partial charge in [0.05, 0.1) is 11.1 Å². The summed E-state index contributed by atoms with van der Waals surface area (Å²) in [5.41, 5.74) is 7.02. The van der Waals surface area contributed by atoms with Crippen LogP contribution in [0.4, 0.5) is 0 Å². The molecule has 1 aliphatic rings. The molecule has 3 N–H and O–H groups in total. The van der Waals surface area contributed by atoms with Crippen molar-refractivity contribution in [1.82, 2.24) is 5.32 Å². The molecule has 0 heterocycles. The molecule has 1 fully saturated rings. The summed E-state index contributed by atoms with van der Waals surface area (Å²) >= 11 is 7.12. The Morgan fingerprint density at radius 1 is 1.35 bits per heavy atom. The summed E-state index contributed by atoms with van der Waals surface area (Å²) in [7, 11) is 0. The number of nitrogens with one attached hydrogen (secondary N) is 1. The van der Waals surface area contributed by atoms with E-state index < -0.39 is 0 Å². The minimum Gasteiger partial charge on any atom is -0.492 e. The largest absolute Gasteiger partial charge is 0.492 e. The van der Waals surface area contributed by atoms with Crippen molar-refractivity contribution >= 4 is 31.9 Å². The second kappa shape index (κ2) is 7.78. The van der Waals surface area contributed by atoms with Crippen LogP contribution in [-0.4, -0.2) is 19.2 Å². The Labute approximate surface area is 137 Å². The van der Waals surface area contributed by atoms with Gasteiger partial charge in [0, 0.05) is 22.6 Å². The number of rotatable bonds is 6. The molecule has 1 aliphatic carbocycles. The Hall–Kier alpha value is -0.100. The van der Waals surface area contributed by atoms with Crippen LogP contribution in [0.3, 0.4) is 0 Å². The lowest BCUT2D eigenvalue weighted by Gasteiger charge is -2.21. The summed E-state index contributed by atoms with van der Waals surface area (Å²) in [6.45, 7) is 4.27. The van der Waals surface area contributed by atoms with Crippen LogP contribution >= 0.6 is 31.9 Å². The van der Waals surface area contributed by atoms with Crippen LogP contribution in [0.2, 0.25) is 0 Å². The van der Waals surface area contributed by atoms with Gasteiger partial charge in [-0.15, -0.1) is 0 Å². The van der Waals surface area contributed by atoms with E-state index >= 15 is 0 Å². The van der Waals surface area contributed by atoms with E-state index in [4.69, 9.17) is 10.5 Å². The predicted molar refractivity (Wildman–Crippen MR) is 90.0 cm³/mol. The molecule has 1 aromatic carbocycles. The van der Waals surface area contributed by atoms with Crippen molar-refractivity contribution in [3.8, 4) is 5.75 Å². The molecule has 1 aromatic rings. The molecule has 20 heavy (non-hydrogen) atoms. The third-order valence-electron chi connectivity index (χ3n) is 3.89. The highest BCUT2D eigenvalue weighted by Crippen LogP contribution is 2.33. The molecule has 2 rings (SSSR count). The molecule has 3 nitrogen and oxygen atoms in total. The summed E-state index contributed by atoms with van der Waals surface area (Å²) in [6, 6.07) is 4.68. The van der Waals surface area contributed by atoms with Crippen molar-refractivity contribution in [1.29, 1.82) is 0 Å². The normalized spacial score (nSPS) is 22.2. The highest BCUT2D eigenvalue weighted by atomic mass is 79.9. The molecule has 5 heteroatoms. The highest BCUT2D eigenvalue weighted by molar-refractivity contribution is 9.11. The fourth-order valence-corrected chi connectivity index (χ4v) is 4.31. The summed E-state index contributed by atoms with van der Waals surface area (Å²) in [5.74, 6) is 1.55. The van der Waals surface area contributed by atoms with Crippen molar-refractivity contribution in [3.63, 3.8) is 0 Å². The number of nitrogens with two attached hydrogens (primary N) is 1. The Bertz CT molecular complexity index is 454. The summed E-state index contributed by atoms with van der Waals surface area (Å²) in [5, 5.41) is 3.65. The zero-order valence-corrected chi connectivity index (χ0v) is 15.0. The van der Waals surface area contributed by atoms with Crippen molar-refractivity contribution < 1.29 is 4.74 Å². The monoisotopic (exact) mass is 404 g/mol. The SMILES string of the molecule is CCOc1c(Br)cc(Br)cc1CN[C@H]1CCC[C@@H]1CN. The Balaban J connectivity index is 2.08. The Kier molecular flexibility index (Phi) is 6.33. The van der Waals surface area contributed by atoms with Gasteiger partial charge in [-0.05, 0) is 60.3 Å². The first-order valence-electron chi connectivity index (χ1n) is 7.19. The second-order valence-electron chi connectivity index (χ2n) is 5.22. The van der Waals surface area contributed by atoms with Gasteiger partial charge < -0.3 is 15.8 Å². The van der Waals surface area contributed by atoms with Crippen molar-refractivity contribution in [3.05, 3.63) is 26.6 Å². The van der Waals surface area contributed by atoms with Crippen LogP contribution in [0.15, 0.2) is 21.1 Å². The van der Waals surface area contributed by atoms with E-state index in [2.05, 4.69) is 43.2 Å². The number of benzene rings is 1. The molecular formula is C15H22Br2N2O. The van der Waals surface area contributed by atoms with Gasteiger partial charge in [0.25, 0.3) is 0 Å². The van der Waals surface area contributed by atoms with Gasteiger partial charge in [0.15, 0.2) is 0 Å². The molecule has 0 aliphatic heterocycles. The third-order valence-corrected chi connectivity index (χ3v) is 4.94. The smallest absolute Gasteiger partial charge is 0.138 e. The van der Waals surface area contributed by atoms with Crippen molar-refractivity contribution in [2.24, 2.45) is 11.7 Å². The fourth-order valence-electron chi connectivity index (χ4n) is 2.88. The molecule has 0 amide bonds. The lowest BCUT2D eigenvalue weighted by atomic mass is 10.0. The van der Waals surface area contributed by atoms with E-state index in [9.17, 15) is 0 Å². The van der Waals surface area contributed by atoms with E-state index in [0.29, 0.717) is 18.6 Å². The first kappa shape index (κ1) is 16.3. The van der Waals surface area contributed by atoms with Gasteiger partial charge in [0.1, 0.15) is 5.75 Å². The molecule has 1 saturated carbocycles. The van der Waals surface area contributed by atoms with Gasteiger partial charge in [-0.25, -0.2) is 0 Å². The number of halogens is 2. The lowest BCUT2D eigenvalue weighted by Crippen LogP contribution is -2.35. The summed E-state index contributed by atoms with van der Waals surface area (Å²) < 4.78 is 7.81. The van der Waals surface area contributed by atoms with Crippen LogP contribution in [0.5, 0.6) is 5.75 Å². The molecule has 0 saturated heterocycles. The van der Waals surface area contributed by atoms with E-state index in [0.717, 1.165) is 27.8 Å². The molecular weight excluding hydrogens is 384 g/mol. The Morgan fingerprint density at radius 2 is 2.15 bits per heavy atom. The molecule has 112 valence electrons. The molecule has 0 aromatic heterocycles. The van der Waals surface area contributed by atoms with Gasteiger partial charge in [-0.3, -0.25) is 0 Å². The molecule has 0 radical (unpaired) electrons. The van der Waals surface area contributed by atoms with Gasteiger partial charge >= 0.3 is 0 Å². The van der Waals surface area contributed by atoms with Crippen LogP contribution in [0.25, 0.3) is 0 Å². The average molecular weight is 406 g/mol. The quantitative estimate of drug-likeness (QED) is 0.755. The van der Waals surface area contributed by atoms with E-state index in [1.54, 1.807) is 0 Å². The fraction of sp³-hybridized carbons (Fsp3) is 0.600. The van der Waals surface area contributed by atoms with Gasteiger partial charge in [-0.1, -0.05) is 22.4 Å². The standard InChI is InChI=1S/C15H22Br2N2O/c1-2-20-15-11(6-12(16)7-13(15)17)9-19-14-5-3-4-10(14)8-18/h6-7,10,14,19H,2-5,8-9,18H2,1H3/t10-,14+/m1/s1.